The highest BCUT2D eigenvalue weighted by atomic mass is 35.5. The number of amides is 2. The number of ether oxygens (including phenoxy) is 1. The average molecular weight is 503 g/mol. The van der Waals surface area contributed by atoms with Crippen molar-refractivity contribution in [1.29, 1.82) is 0 Å². The van der Waals surface area contributed by atoms with Crippen LogP contribution in [0.4, 0.5) is 11.4 Å². The molecule has 3 aromatic rings. The number of nitro benzene ring substituents is 1. The maximum atomic E-state index is 13.8. The second-order valence-corrected chi connectivity index (χ2v) is 9.26. The Kier molecular flexibility index (Phi) is 4.73. The summed E-state index contributed by atoms with van der Waals surface area (Å²) in [6, 6.07) is 17.6. The fourth-order valence-electron chi connectivity index (χ4n) is 5.47. The Morgan fingerprint density at radius 2 is 1.50 bits per heavy atom. The lowest BCUT2D eigenvalue weighted by atomic mass is 9.77. The molecule has 1 spiro atoms. The molecule has 0 unspecified atom stereocenters. The van der Waals surface area contributed by atoms with E-state index in [2.05, 4.69) is 0 Å². The molecular formula is C26H15ClN2O7. The number of ketones is 2. The number of carbonyl (C=O) groups excluding carboxylic acids is 4. The van der Waals surface area contributed by atoms with E-state index in [9.17, 15) is 29.3 Å². The van der Waals surface area contributed by atoms with Crippen LogP contribution in [0.15, 0.2) is 72.8 Å². The normalized spacial score (nSPS) is 23.9. The molecule has 2 heterocycles. The van der Waals surface area contributed by atoms with E-state index in [0.29, 0.717) is 10.6 Å². The Balaban J connectivity index is 1.54. The SMILES string of the molecule is O=C1[C@H]2[C@H](c3ccc(Cl)cc3)OC3(C(=O)c4ccccc4C3=O)[C@H]2C(=O)N1c1cccc([N+](=O)[O-])c1. The lowest BCUT2D eigenvalue weighted by Gasteiger charge is -2.27. The zero-order valence-corrected chi connectivity index (χ0v) is 19.0. The minimum absolute atomic E-state index is 0.0194. The van der Waals surface area contributed by atoms with E-state index < -0.39 is 51.8 Å². The highest BCUT2D eigenvalue weighted by Crippen LogP contribution is 2.57. The van der Waals surface area contributed by atoms with Gasteiger partial charge in [0, 0.05) is 28.3 Å². The van der Waals surface area contributed by atoms with Crippen molar-refractivity contribution in [2.45, 2.75) is 11.7 Å². The zero-order chi connectivity index (χ0) is 25.4. The Morgan fingerprint density at radius 1 is 0.861 bits per heavy atom. The first kappa shape index (κ1) is 22.3. The van der Waals surface area contributed by atoms with Crippen LogP contribution in [0.3, 0.4) is 0 Å². The van der Waals surface area contributed by atoms with Crippen LogP contribution < -0.4 is 4.90 Å². The minimum atomic E-state index is -2.22. The largest absolute Gasteiger partial charge is 0.349 e. The van der Waals surface area contributed by atoms with E-state index in [-0.39, 0.29) is 22.5 Å². The first-order chi connectivity index (χ1) is 17.3. The van der Waals surface area contributed by atoms with Gasteiger partial charge in [-0.25, -0.2) is 4.90 Å². The third-order valence-electron chi connectivity index (χ3n) is 7.02. The summed E-state index contributed by atoms with van der Waals surface area (Å²) in [5.41, 5.74) is -1.86. The van der Waals surface area contributed by atoms with Gasteiger partial charge in [0.05, 0.1) is 28.6 Å². The van der Waals surface area contributed by atoms with Gasteiger partial charge in [0.1, 0.15) is 0 Å². The smallest absolute Gasteiger partial charge is 0.271 e. The van der Waals surface area contributed by atoms with E-state index in [1.165, 1.54) is 30.3 Å². The molecule has 9 nitrogen and oxygen atoms in total. The summed E-state index contributed by atoms with van der Waals surface area (Å²) < 4.78 is 6.18. The molecule has 0 N–H and O–H groups in total. The molecular weight excluding hydrogens is 488 g/mol. The monoisotopic (exact) mass is 502 g/mol. The van der Waals surface area contributed by atoms with Gasteiger partial charge >= 0.3 is 0 Å². The number of hydrogen-bond donors (Lipinski definition) is 0. The number of halogens is 1. The molecule has 3 aromatic carbocycles. The van der Waals surface area contributed by atoms with Crippen LogP contribution in [0.5, 0.6) is 0 Å². The van der Waals surface area contributed by atoms with Gasteiger partial charge in [-0.05, 0) is 23.8 Å². The zero-order valence-electron chi connectivity index (χ0n) is 18.3. The summed E-state index contributed by atoms with van der Waals surface area (Å²) in [5, 5.41) is 11.7. The molecule has 2 fully saturated rings. The number of nitro groups is 1. The molecule has 178 valence electrons. The molecule has 10 heteroatoms. The number of hydrogen-bond acceptors (Lipinski definition) is 7. The van der Waals surface area contributed by atoms with Crippen molar-refractivity contribution in [1.82, 2.24) is 0 Å². The summed E-state index contributed by atoms with van der Waals surface area (Å²) in [6.07, 6.45) is -1.10. The number of rotatable bonds is 3. The lowest BCUT2D eigenvalue weighted by Crippen LogP contribution is -2.51. The van der Waals surface area contributed by atoms with Crippen LogP contribution in [-0.4, -0.2) is 33.9 Å². The van der Waals surface area contributed by atoms with Crippen molar-refractivity contribution >= 4 is 46.4 Å². The second kappa shape index (κ2) is 7.64. The highest BCUT2D eigenvalue weighted by Gasteiger charge is 2.74. The second-order valence-electron chi connectivity index (χ2n) is 8.82. The first-order valence-electron chi connectivity index (χ1n) is 11.0. The number of anilines is 1. The maximum absolute atomic E-state index is 13.8. The van der Waals surface area contributed by atoms with Crippen LogP contribution in [0.2, 0.25) is 5.02 Å². The number of fused-ring (bicyclic) bond motifs is 3. The van der Waals surface area contributed by atoms with Crippen molar-refractivity contribution < 1.29 is 28.8 Å². The summed E-state index contributed by atoms with van der Waals surface area (Å²) in [4.78, 5) is 66.5. The predicted molar refractivity (Wildman–Crippen MR) is 126 cm³/mol. The Labute approximate surface area is 208 Å². The molecule has 0 bridgehead atoms. The molecule has 2 aliphatic heterocycles. The number of benzene rings is 3. The van der Waals surface area contributed by atoms with E-state index in [0.717, 1.165) is 11.0 Å². The summed E-state index contributed by atoms with van der Waals surface area (Å²) >= 11 is 6.02. The molecule has 6 rings (SSSR count). The van der Waals surface area contributed by atoms with Gasteiger partial charge in [0.15, 0.2) is 0 Å². The summed E-state index contributed by atoms with van der Waals surface area (Å²) in [5.74, 6) is -5.55. The van der Waals surface area contributed by atoms with Crippen LogP contribution >= 0.6 is 11.6 Å². The molecule has 36 heavy (non-hydrogen) atoms. The van der Waals surface area contributed by atoms with Gasteiger partial charge < -0.3 is 4.74 Å². The topological polar surface area (TPSA) is 124 Å². The van der Waals surface area contributed by atoms with Gasteiger partial charge in [-0.1, -0.05) is 54.1 Å². The van der Waals surface area contributed by atoms with Crippen molar-refractivity contribution in [2.75, 3.05) is 4.90 Å². The predicted octanol–water partition coefficient (Wildman–Crippen LogP) is 3.94. The van der Waals surface area contributed by atoms with Crippen molar-refractivity contribution in [3.63, 3.8) is 0 Å². The number of carbonyl (C=O) groups is 4. The van der Waals surface area contributed by atoms with E-state index in [4.69, 9.17) is 16.3 Å². The number of Topliss-reactive ketones (excluding diaryl/α,β-unsaturated/α-hetero) is 2. The molecule has 0 radical (unpaired) electrons. The number of imide groups is 1. The molecule has 0 aromatic heterocycles. The molecule has 2 amide bonds. The van der Waals surface area contributed by atoms with E-state index in [1.54, 1.807) is 36.4 Å². The molecule has 1 aliphatic carbocycles. The van der Waals surface area contributed by atoms with Gasteiger partial charge in [0.25, 0.3) is 5.69 Å². The number of nitrogens with zero attached hydrogens (tertiary/aromatic N) is 2. The van der Waals surface area contributed by atoms with Gasteiger partial charge in [-0.15, -0.1) is 0 Å². The fraction of sp³-hybridized carbons (Fsp3) is 0.154. The average Bonchev–Trinajstić information content (AvgIpc) is 3.44. The van der Waals surface area contributed by atoms with Crippen molar-refractivity contribution in [3.05, 3.63) is 105 Å². The van der Waals surface area contributed by atoms with Crippen LogP contribution in [0, 0.1) is 22.0 Å². The van der Waals surface area contributed by atoms with Crippen molar-refractivity contribution in [3.8, 4) is 0 Å². The third kappa shape index (κ3) is 2.81. The molecule has 3 aliphatic rings. The Hall–Kier alpha value is -4.21. The van der Waals surface area contributed by atoms with Crippen molar-refractivity contribution in [2.24, 2.45) is 11.8 Å². The molecule has 2 saturated heterocycles. The fourth-order valence-corrected chi connectivity index (χ4v) is 5.60. The first-order valence-corrected chi connectivity index (χ1v) is 11.4. The number of non-ortho nitro benzene ring substituents is 1. The van der Waals surface area contributed by atoms with Crippen LogP contribution in [0.25, 0.3) is 0 Å². The van der Waals surface area contributed by atoms with Gasteiger partial charge in [-0.3, -0.25) is 29.3 Å². The van der Waals surface area contributed by atoms with Gasteiger partial charge in [0.2, 0.25) is 29.0 Å². The minimum Gasteiger partial charge on any atom is -0.349 e. The van der Waals surface area contributed by atoms with Gasteiger partial charge in [-0.2, -0.15) is 0 Å². The van der Waals surface area contributed by atoms with Crippen LogP contribution in [0.1, 0.15) is 32.4 Å². The summed E-state index contributed by atoms with van der Waals surface area (Å²) in [6.45, 7) is 0. The van der Waals surface area contributed by atoms with Crippen LogP contribution in [-0.2, 0) is 14.3 Å². The standard InChI is InChI=1S/C26H15ClN2O7/c27-14-10-8-13(9-11-14)21-19-20(26(36-21)22(30)17-6-1-2-7-18(17)23(26)31)25(33)28(24(19)32)15-4-3-5-16(12-15)29(34)35/h1-12,19-21H/t19-,20-,21+/m1/s1. The Morgan fingerprint density at radius 3 is 2.11 bits per heavy atom. The quantitative estimate of drug-likeness (QED) is 0.230. The molecule has 0 saturated carbocycles. The highest BCUT2D eigenvalue weighted by molar-refractivity contribution is 6.37. The Bertz CT molecular complexity index is 1480. The van der Waals surface area contributed by atoms with E-state index in [1.807, 2.05) is 0 Å². The molecule has 3 atom stereocenters. The van der Waals surface area contributed by atoms with E-state index >= 15 is 0 Å². The lowest BCUT2D eigenvalue weighted by molar-refractivity contribution is -0.384. The maximum Gasteiger partial charge on any atom is 0.271 e. The third-order valence-corrected chi connectivity index (χ3v) is 7.27. The summed E-state index contributed by atoms with van der Waals surface area (Å²) in [7, 11) is 0.